The number of carbonyl (C=O) groups excluding carboxylic acids is 2. The molecule has 1 aromatic heterocycles. The first-order valence-corrected chi connectivity index (χ1v) is 11.5. The van der Waals surface area contributed by atoms with Crippen molar-refractivity contribution in [3.05, 3.63) is 76.1 Å². The highest BCUT2D eigenvalue weighted by Gasteiger charge is 2.37. The van der Waals surface area contributed by atoms with Gasteiger partial charge in [-0.05, 0) is 83.7 Å². The van der Waals surface area contributed by atoms with E-state index in [0.29, 0.717) is 17.8 Å². The molecule has 0 saturated carbocycles. The number of anilines is 1. The Labute approximate surface area is 200 Å². The Bertz CT molecular complexity index is 1270. The number of aryl methyl sites for hydroxylation is 3. The highest BCUT2D eigenvalue weighted by molar-refractivity contribution is 6.09. The molecule has 1 atom stereocenters. The van der Waals surface area contributed by atoms with Crippen LogP contribution in [0, 0.1) is 20.8 Å². The summed E-state index contributed by atoms with van der Waals surface area (Å²) >= 11 is 0. The molecule has 3 aromatic rings. The smallest absolute Gasteiger partial charge is 0.435 e. The molecule has 2 heterocycles. The number of phenols is 1. The Kier molecular flexibility index (Phi) is 5.98. The summed E-state index contributed by atoms with van der Waals surface area (Å²) in [5.74, 6) is -0.344. The molecular formula is C27H31N3O4. The van der Waals surface area contributed by atoms with E-state index in [-0.39, 0.29) is 23.3 Å². The van der Waals surface area contributed by atoms with E-state index in [1.54, 1.807) is 17.0 Å². The van der Waals surface area contributed by atoms with Crippen LogP contribution in [0.25, 0.3) is 0 Å². The number of carbonyl (C=O) groups is 2. The zero-order chi connectivity index (χ0) is 24.8. The third-order valence-corrected chi connectivity index (χ3v) is 6.10. The van der Waals surface area contributed by atoms with E-state index in [1.165, 1.54) is 4.68 Å². The van der Waals surface area contributed by atoms with Gasteiger partial charge in [-0.15, -0.1) is 0 Å². The number of amides is 1. The van der Waals surface area contributed by atoms with Gasteiger partial charge in [-0.3, -0.25) is 4.79 Å². The molecule has 1 amide bonds. The minimum Gasteiger partial charge on any atom is -0.507 e. The van der Waals surface area contributed by atoms with Crippen molar-refractivity contribution in [3.8, 4) is 5.75 Å². The van der Waals surface area contributed by atoms with Crippen molar-refractivity contribution in [2.45, 2.75) is 66.0 Å². The molecule has 1 unspecified atom stereocenters. The lowest BCUT2D eigenvalue weighted by molar-refractivity contribution is 0.0510. The van der Waals surface area contributed by atoms with Crippen LogP contribution in [0.1, 0.15) is 71.7 Å². The summed E-state index contributed by atoms with van der Waals surface area (Å²) in [6, 6.07) is 12.5. The van der Waals surface area contributed by atoms with Crippen molar-refractivity contribution in [2.75, 3.05) is 4.90 Å². The van der Waals surface area contributed by atoms with E-state index in [4.69, 9.17) is 4.74 Å². The fraction of sp³-hybridized carbons (Fsp3) is 0.370. The maximum atomic E-state index is 13.9. The quantitative estimate of drug-likeness (QED) is 0.534. The van der Waals surface area contributed by atoms with Crippen LogP contribution in [-0.2, 0) is 11.2 Å². The molecule has 1 N–H and O–H groups in total. The molecule has 1 aliphatic heterocycles. The lowest BCUT2D eigenvalue weighted by atomic mass is 9.89. The van der Waals surface area contributed by atoms with E-state index in [2.05, 4.69) is 5.10 Å². The second kappa shape index (κ2) is 8.63. The van der Waals surface area contributed by atoms with Crippen LogP contribution >= 0.6 is 0 Å². The number of nitrogens with zero attached hydrogens (tertiary/aromatic N) is 3. The maximum Gasteiger partial charge on any atom is 0.435 e. The molecule has 2 aromatic carbocycles. The molecule has 4 rings (SSSR count). The zero-order valence-electron chi connectivity index (χ0n) is 20.5. The van der Waals surface area contributed by atoms with E-state index >= 15 is 0 Å². The minimum absolute atomic E-state index is 0.0512. The van der Waals surface area contributed by atoms with Crippen LogP contribution in [0.4, 0.5) is 10.5 Å². The molecule has 178 valence electrons. The van der Waals surface area contributed by atoms with Gasteiger partial charge in [-0.2, -0.15) is 9.78 Å². The van der Waals surface area contributed by atoms with Crippen LogP contribution in [0.5, 0.6) is 5.75 Å². The predicted octanol–water partition coefficient (Wildman–Crippen LogP) is 5.63. The highest BCUT2D eigenvalue weighted by atomic mass is 16.6. The van der Waals surface area contributed by atoms with Gasteiger partial charge in [0.2, 0.25) is 0 Å². The van der Waals surface area contributed by atoms with Gasteiger partial charge in [0.15, 0.2) is 0 Å². The molecule has 0 bridgehead atoms. The summed E-state index contributed by atoms with van der Waals surface area (Å²) in [6.45, 7) is 11.0. The first-order valence-electron chi connectivity index (χ1n) is 11.5. The standard InChI is InChI=1S/C27H31N3O4/c1-16-11-13-20(23(31)15-16)25(32)29-21-10-8-7-9-19(21)12-14-22(29)24-17(2)28-30(18(24)3)26(33)34-27(4,5)6/h7-11,13,15,22,31H,12,14H2,1-6H3. The normalized spacial score (nSPS) is 15.7. The van der Waals surface area contributed by atoms with Crippen molar-refractivity contribution in [2.24, 2.45) is 0 Å². The lowest BCUT2D eigenvalue weighted by Gasteiger charge is -2.38. The van der Waals surface area contributed by atoms with E-state index < -0.39 is 11.7 Å². The summed E-state index contributed by atoms with van der Waals surface area (Å²) in [4.78, 5) is 28.4. The number of phenolic OH excluding ortho intramolecular Hbond substituents is 1. The summed E-state index contributed by atoms with van der Waals surface area (Å²) in [7, 11) is 0. The Morgan fingerprint density at radius 2 is 1.79 bits per heavy atom. The molecule has 34 heavy (non-hydrogen) atoms. The first kappa shape index (κ1) is 23.5. The monoisotopic (exact) mass is 461 g/mol. The molecule has 0 spiro atoms. The molecule has 0 aliphatic carbocycles. The molecular weight excluding hydrogens is 430 g/mol. The minimum atomic E-state index is -0.654. The fourth-order valence-electron chi connectivity index (χ4n) is 4.64. The average Bonchev–Trinajstić information content (AvgIpc) is 3.05. The Balaban J connectivity index is 1.83. The van der Waals surface area contributed by atoms with Gasteiger partial charge in [0.25, 0.3) is 5.91 Å². The number of aromatic hydroxyl groups is 1. The van der Waals surface area contributed by atoms with Crippen molar-refractivity contribution in [1.82, 2.24) is 9.78 Å². The third kappa shape index (κ3) is 4.30. The SMILES string of the molecule is Cc1ccc(C(=O)N2c3ccccc3CCC2c2c(C)nn(C(=O)OC(C)(C)C)c2C)c(O)c1. The largest absolute Gasteiger partial charge is 0.507 e. The maximum absolute atomic E-state index is 13.9. The molecule has 1 aliphatic rings. The Morgan fingerprint density at radius 3 is 2.47 bits per heavy atom. The van der Waals surface area contributed by atoms with Gasteiger partial charge >= 0.3 is 6.09 Å². The predicted molar refractivity (Wildman–Crippen MR) is 130 cm³/mol. The molecule has 0 fully saturated rings. The van der Waals surface area contributed by atoms with Gasteiger partial charge in [-0.25, -0.2) is 4.79 Å². The number of benzene rings is 2. The molecule has 0 saturated heterocycles. The van der Waals surface area contributed by atoms with Crippen molar-refractivity contribution in [1.29, 1.82) is 0 Å². The van der Waals surface area contributed by atoms with Gasteiger partial charge < -0.3 is 14.7 Å². The van der Waals surface area contributed by atoms with E-state index in [1.807, 2.05) is 71.9 Å². The van der Waals surface area contributed by atoms with E-state index in [0.717, 1.165) is 28.8 Å². The first-order chi connectivity index (χ1) is 16.0. The van der Waals surface area contributed by atoms with E-state index in [9.17, 15) is 14.7 Å². The summed E-state index contributed by atoms with van der Waals surface area (Å²) in [6.07, 6.45) is 0.891. The second-order valence-corrected chi connectivity index (χ2v) is 9.86. The number of fused-ring (bicyclic) bond motifs is 1. The van der Waals surface area contributed by atoms with Crippen molar-refractivity contribution in [3.63, 3.8) is 0 Å². The lowest BCUT2D eigenvalue weighted by Crippen LogP contribution is -2.39. The molecule has 0 radical (unpaired) electrons. The van der Waals surface area contributed by atoms with Gasteiger partial charge in [0, 0.05) is 11.3 Å². The third-order valence-electron chi connectivity index (χ3n) is 6.10. The number of para-hydroxylation sites is 1. The number of ether oxygens (including phenoxy) is 1. The topological polar surface area (TPSA) is 84.7 Å². The van der Waals surface area contributed by atoms with Crippen molar-refractivity contribution >= 4 is 17.7 Å². The van der Waals surface area contributed by atoms with Crippen LogP contribution < -0.4 is 4.90 Å². The van der Waals surface area contributed by atoms with Crippen LogP contribution in [0.3, 0.4) is 0 Å². The Hall–Kier alpha value is -3.61. The average molecular weight is 462 g/mol. The second-order valence-electron chi connectivity index (χ2n) is 9.86. The summed E-state index contributed by atoms with van der Waals surface area (Å²) in [5, 5.41) is 15.0. The van der Waals surface area contributed by atoms with Gasteiger partial charge in [-0.1, -0.05) is 24.3 Å². The Morgan fingerprint density at radius 1 is 1.09 bits per heavy atom. The van der Waals surface area contributed by atoms with Crippen LogP contribution in [0.15, 0.2) is 42.5 Å². The fourth-order valence-corrected chi connectivity index (χ4v) is 4.64. The van der Waals surface area contributed by atoms with Gasteiger partial charge in [0.1, 0.15) is 11.4 Å². The zero-order valence-corrected chi connectivity index (χ0v) is 20.5. The van der Waals surface area contributed by atoms with Crippen molar-refractivity contribution < 1.29 is 19.4 Å². The highest BCUT2D eigenvalue weighted by Crippen LogP contribution is 2.42. The summed E-state index contributed by atoms with van der Waals surface area (Å²) in [5.41, 5.74) is 4.44. The molecule has 7 heteroatoms. The number of hydrogen-bond acceptors (Lipinski definition) is 5. The number of aromatic nitrogens is 2. The molecule has 7 nitrogen and oxygen atoms in total. The number of rotatable bonds is 2. The van der Waals surface area contributed by atoms with Crippen LogP contribution in [0.2, 0.25) is 0 Å². The summed E-state index contributed by atoms with van der Waals surface area (Å²) < 4.78 is 6.82. The number of hydrogen-bond donors (Lipinski definition) is 1. The van der Waals surface area contributed by atoms with Gasteiger partial charge in [0.05, 0.1) is 23.0 Å². The van der Waals surface area contributed by atoms with Crippen LogP contribution in [-0.4, -0.2) is 32.5 Å².